The molecule has 0 fully saturated rings. The van der Waals surface area contributed by atoms with Crippen molar-refractivity contribution in [2.75, 3.05) is 13.6 Å². The van der Waals surface area contributed by atoms with Gasteiger partial charge in [0, 0.05) is 12.5 Å². The Morgan fingerprint density at radius 3 is 2.71 bits per heavy atom. The van der Waals surface area contributed by atoms with Gasteiger partial charge in [0.05, 0.1) is 12.5 Å². The van der Waals surface area contributed by atoms with Crippen molar-refractivity contribution in [3.8, 4) is 0 Å². The van der Waals surface area contributed by atoms with Gasteiger partial charge in [-0.15, -0.1) is 0 Å². The van der Waals surface area contributed by atoms with Crippen molar-refractivity contribution in [2.24, 2.45) is 0 Å². The number of nitrogens with one attached hydrogen (secondary N) is 1. The zero-order chi connectivity index (χ0) is 12.1. The molecule has 2 aromatic rings. The van der Waals surface area contributed by atoms with Crippen LogP contribution in [0.5, 0.6) is 0 Å². The molecule has 1 unspecified atom stereocenters. The van der Waals surface area contributed by atoms with E-state index in [0.717, 1.165) is 13.0 Å². The minimum atomic E-state index is 0.499. The largest absolute Gasteiger partial charge is 0.472 e. The molecule has 0 bridgehead atoms. The van der Waals surface area contributed by atoms with Crippen LogP contribution >= 0.6 is 0 Å². The lowest BCUT2D eigenvalue weighted by atomic mass is 9.90. The summed E-state index contributed by atoms with van der Waals surface area (Å²) in [6.07, 6.45) is 4.59. The lowest BCUT2D eigenvalue weighted by Crippen LogP contribution is -2.19. The molecule has 1 aromatic carbocycles. The fourth-order valence-electron chi connectivity index (χ4n) is 2.28. The van der Waals surface area contributed by atoms with Gasteiger partial charge in [-0.1, -0.05) is 24.3 Å². The molecular formula is C15H19NO. The van der Waals surface area contributed by atoms with Crippen LogP contribution in [-0.2, 0) is 6.42 Å². The van der Waals surface area contributed by atoms with E-state index in [-0.39, 0.29) is 0 Å². The van der Waals surface area contributed by atoms with Crippen molar-refractivity contribution in [3.05, 3.63) is 59.5 Å². The Bertz CT molecular complexity index is 448. The molecular weight excluding hydrogens is 210 g/mol. The number of hydrogen-bond donors (Lipinski definition) is 1. The van der Waals surface area contributed by atoms with E-state index in [2.05, 4.69) is 36.5 Å². The minimum Gasteiger partial charge on any atom is -0.472 e. The summed E-state index contributed by atoms with van der Waals surface area (Å²) >= 11 is 0. The third kappa shape index (κ3) is 2.98. The van der Waals surface area contributed by atoms with Gasteiger partial charge in [-0.05, 0) is 43.1 Å². The molecule has 90 valence electrons. The van der Waals surface area contributed by atoms with Gasteiger partial charge in [0.15, 0.2) is 0 Å². The van der Waals surface area contributed by atoms with Gasteiger partial charge in [0.25, 0.3) is 0 Å². The Balaban J connectivity index is 2.20. The Labute approximate surface area is 103 Å². The number of benzene rings is 1. The highest BCUT2D eigenvalue weighted by Gasteiger charge is 2.13. The third-order valence-electron chi connectivity index (χ3n) is 3.14. The second-order valence-electron chi connectivity index (χ2n) is 4.45. The molecule has 1 atom stereocenters. The fraction of sp³-hybridized carbons (Fsp3) is 0.333. The first-order valence-electron chi connectivity index (χ1n) is 6.02. The maximum Gasteiger partial charge on any atom is 0.0934 e. The molecule has 1 heterocycles. The molecule has 17 heavy (non-hydrogen) atoms. The van der Waals surface area contributed by atoms with Gasteiger partial charge in [-0.25, -0.2) is 0 Å². The molecule has 0 radical (unpaired) electrons. The molecule has 2 nitrogen and oxygen atoms in total. The van der Waals surface area contributed by atoms with Gasteiger partial charge >= 0.3 is 0 Å². The first-order valence-corrected chi connectivity index (χ1v) is 6.02. The normalized spacial score (nSPS) is 12.6. The van der Waals surface area contributed by atoms with Crippen molar-refractivity contribution in [1.82, 2.24) is 5.32 Å². The van der Waals surface area contributed by atoms with Crippen molar-refractivity contribution in [1.29, 1.82) is 0 Å². The zero-order valence-corrected chi connectivity index (χ0v) is 10.4. The van der Waals surface area contributed by atoms with E-state index in [1.54, 1.807) is 6.26 Å². The Hall–Kier alpha value is -1.54. The van der Waals surface area contributed by atoms with E-state index in [1.807, 2.05) is 19.4 Å². The Morgan fingerprint density at radius 1 is 1.24 bits per heavy atom. The predicted molar refractivity (Wildman–Crippen MR) is 70.3 cm³/mol. The molecule has 0 saturated carbocycles. The number of rotatable bonds is 5. The van der Waals surface area contributed by atoms with Crippen LogP contribution in [0.1, 0.15) is 22.6 Å². The average molecular weight is 229 g/mol. The molecule has 0 aliphatic carbocycles. The monoisotopic (exact) mass is 229 g/mol. The summed E-state index contributed by atoms with van der Waals surface area (Å²) in [5.74, 6) is 0.499. The molecule has 0 spiro atoms. The zero-order valence-electron chi connectivity index (χ0n) is 10.4. The molecule has 0 aliphatic heterocycles. The van der Waals surface area contributed by atoms with Crippen LogP contribution < -0.4 is 5.32 Å². The number of furan rings is 1. The van der Waals surface area contributed by atoms with Crippen LogP contribution in [0.15, 0.2) is 47.3 Å². The van der Waals surface area contributed by atoms with E-state index < -0.39 is 0 Å². The summed E-state index contributed by atoms with van der Waals surface area (Å²) in [6, 6.07) is 10.6. The first-order chi connectivity index (χ1) is 8.31. The number of likely N-dealkylation sites (N-methyl/N-ethyl adjacent to an activating group) is 1. The smallest absolute Gasteiger partial charge is 0.0934 e. The predicted octanol–water partition coefficient (Wildman–Crippen LogP) is 3.13. The van der Waals surface area contributed by atoms with Crippen LogP contribution in [0, 0.1) is 6.92 Å². The van der Waals surface area contributed by atoms with Crippen molar-refractivity contribution in [3.63, 3.8) is 0 Å². The summed E-state index contributed by atoms with van der Waals surface area (Å²) in [4.78, 5) is 0. The van der Waals surface area contributed by atoms with E-state index in [1.165, 1.54) is 16.7 Å². The molecule has 0 saturated heterocycles. The van der Waals surface area contributed by atoms with E-state index in [4.69, 9.17) is 4.42 Å². The second kappa shape index (κ2) is 5.69. The molecule has 1 aromatic heterocycles. The van der Waals surface area contributed by atoms with Crippen molar-refractivity contribution < 1.29 is 4.42 Å². The van der Waals surface area contributed by atoms with Crippen LogP contribution in [0.2, 0.25) is 0 Å². The van der Waals surface area contributed by atoms with Crippen LogP contribution in [0.25, 0.3) is 0 Å². The van der Waals surface area contributed by atoms with Crippen molar-refractivity contribution in [2.45, 2.75) is 19.3 Å². The van der Waals surface area contributed by atoms with E-state index in [9.17, 15) is 0 Å². The fourth-order valence-corrected chi connectivity index (χ4v) is 2.28. The molecule has 2 heteroatoms. The van der Waals surface area contributed by atoms with Crippen molar-refractivity contribution >= 4 is 0 Å². The SMILES string of the molecule is CNCC(Cc1ccoc1)c1ccccc1C. The van der Waals surface area contributed by atoms with Crippen LogP contribution in [-0.4, -0.2) is 13.6 Å². The molecule has 2 rings (SSSR count). The Kier molecular flexibility index (Phi) is 3.99. The molecule has 1 N–H and O–H groups in total. The van der Waals surface area contributed by atoms with Gasteiger partial charge in [0.2, 0.25) is 0 Å². The lowest BCUT2D eigenvalue weighted by molar-refractivity contribution is 0.557. The highest BCUT2D eigenvalue weighted by atomic mass is 16.3. The minimum absolute atomic E-state index is 0.499. The molecule has 0 amide bonds. The summed E-state index contributed by atoms with van der Waals surface area (Å²) in [5, 5.41) is 3.28. The first kappa shape index (κ1) is 11.9. The highest BCUT2D eigenvalue weighted by molar-refractivity contribution is 5.31. The summed E-state index contributed by atoms with van der Waals surface area (Å²) in [7, 11) is 2.00. The lowest BCUT2D eigenvalue weighted by Gasteiger charge is -2.18. The number of hydrogen-bond acceptors (Lipinski definition) is 2. The van der Waals surface area contributed by atoms with Gasteiger partial charge < -0.3 is 9.73 Å². The molecule has 0 aliphatic rings. The van der Waals surface area contributed by atoms with E-state index in [0.29, 0.717) is 5.92 Å². The van der Waals surface area contributed by atoms with Gasteiger partial charge in [-0.2, -0.15) is 0 Å². The van der Waals surface area contributed by atoms with Gasteiger partial charge in [0.1, 0.15) is 0 Å². The summed E-state index contributed by atoms with van der Waals surface area (Å²) < 4.78 is 5.14. The maximum absolute atomic E-state index is 5.14. The van der Waals surface area contributed by atoms with Crippen LogP contribution in [0.3, 0.4) is 0 Å². The maximum atomic E-state index is 5.14. The second-order valence-corrected chi connectivity index (χ2v) is 4.45. The standard InChI is InChI=1S/C15H19NO/c1-12-5-3-4-6-15(12)14(10-16-2)9-13-7-8-17-11-13/h3-8,11,14,16H,9-10H2,1-2H3. The van der Waals surface area contributed by atoms with Gasteiger partial charge in [-0.3, -0.25) is 0 Å². The van der Waals surface area contributed by atoms with E-state index >= 15 is 0 Å². The topological polar surface area (TPSA) is 25.2 Å². The highest BCUT2D eigenvalue weighted by Crippen LogP contribution is 2.23. The average Bonchev–Trinajstić information content (AvgIpc) is 2.82. The summed E-state index contributed by atoms with van der Waals surface area (Å²) in [6.45, 7) is 3.16. The Morgan fingerprint density at radius 2 is 2.06 bits per heavy atom. The number of aryl methyl sites for hydroxylation is 1. The van der Waals surface area contributed by atoms with Crippen LogP contribution in [0.4, 0.5) is 0 Å². The third-order valence-corrected chi connectivity index (χ3v) is 3.14. The summed E-state index contributed by atoms with van der Waals surface area (Å²) in [5.41, 5.74) is 4.03. The quantitative estimate of drug-likeness (QED) is 0.852.